The third kappa shape index (κ3) is 2.97. The van der Waals surface area contributed by atoms with Gasteiger partial charge >= 0.3 is 0 Å². The summed E-state index contributed by atoms with van der Waals surface area (Å²) in [5, 5.41) is 6.14. The average Bonchev–Trinajstić information content (AvgIpc) is 2.49. The molecule has 2 aliphatic rings. The first kappa shape index (κ1) is 13.9. The quantitative estimate of drug-likeness (QED) is 0.868. The van der Waals surface area contributed by atoms with Crippen LogP contribution in [0.15, 0.2) is 23.1 Å². The topological polar surface area (TPSA) is 50.4 Å². The highest BCUT2D eigenvalue weighted by Gasteiger charge is 2.27. The van der Waals surface area contributed by atoms with Gasteiger partial charge in [-0.1, -0.05) is 0 Å². The van der Waals surface area contributed by atoms with Crippen LogP contribution in [0.1, 0.15) is 18.0 Å². The Bertz CT molecular complexity index is 506. The van der Waals surface area contributed by atoms with Crippen LogP contribution in [0.2, 0.25) is 0 Å². The van der Waals surface area contributed by atoms with Crippen molar-refractivity contribution in [3.8, 4) is 0 Å². The Morgan fingerprint density at radius 1 is 1.50 bits per heavy atom. The zero-order valence-electron chi connectivity index (χ0n) is 11.0. The molecule has 2 N–H and O–H groups in total. The number of rotatable bonds is 2. The molecular weight excluding hydrogens is 279 g/mol. The normalized spacial score (nSPS) is 25.9. The molecule has 2 unspecified atom stereocenters. The van der Waals surface area contributed by atoms with E-state index in [1.54, 1.807) is 17.8 Å². The minimum Gasteiger partial charge on any atom is -0.378 e. The Kier molecular flexibility index (Phi) is 4.24. The number of morpholine rings is 1. The van der Waals surface area contributed by atoms with Crippen molar-refractivity contribution in [3.63, 3.8) is 0 Å². The van der Waals surface area contributed by atoms with Crippen LogP contribution in [0.5, 0.6) is 0 Å². The highest BCUT2D eigenvalue weighted by Crippen LogP contribution is 2.36. The third-order valence-corrected chi connectivity index (χ3v) is 4.69. The van der Waals surface area contributed by atoms with Gasteiger partial charge in [-0.15, -0.1) is 11.8 Å². The maximum absolute atomic E-state index is 13.4. The number of hydrogen-bond donors (Lipinski definition) is 2. The van der Waals surface area contributed by atoms with Gasteiger partial charge in [0.05, 0.1) is 19.3 Å². The molecule has 0 spiro atoms. The van der Waals surface area contributed by atoms with E-state index in [0.29, 0.717) is 19.8 Å². The standard InChI is InChI=1S/C14H17FN2O2S/c15-9-1-2-13-10(7-9)11(3-6-20-13)17-14(18)12-8-19-5-4-16-12/h1-2,7,11-12,16H,3-6,8H2,(H,17,18). The van der Waals surface area contributed by atoms with Gasteiger partial charge < -0.3 is 15.4 Å². The second-order valence-electron chi connectivity index (χ2n) is 4.96. The van der Waals surface area contributed by atoms with Crippen LogP contribution in [0.4, 0.5) is 4.39 Å². The summed E-state index contributed by atoms with van der Waals surface area (Å²) in [6.45, 7) is 1.71. The van der Waals surface area contributed by atoms with Gasteiger partial charge in [0.2, 0.25) is 5.91 Å². The van der Waals surface area contributed by atoms with E-state index in [-0.39, 0.29) is 23.8 Å². The van der Waals surface area contributed by atoms with Gasteiger partial charge in [-0.05, 0) is 30.2 Å². The maximum atomic E-state index is 13.4. The largest absolute Gasteiger partial charge is 0.378 e. The first-order chi connectivity index (χ1) is 9.74. The minimum absolute atomic E-state index is 0.0724. The number of benzene rings is 1. The molecule has 1 aromatic rings. The molecule has 108 valence electrons. The molecule has 0 saturated carbocycles. The summed E-state index contributed by atoms with van der Waals surface area (Å²) >= 11 is 1.71. The van der Waals surface area contributed by atoms with Crippen LogP contribution in [0.25, 0.3) is 0 Å². The van der Waals surface area contributed by atoms with Gasteiger partial charge in [-0.2, -0.15) is 0 Å². The molecular formula is C14H17FN2O2S. The Morgan fingerprint density at radius 2 is 2.40 bits per heavy atom. The van der Waals surface area contributed by atoms with E-state index in [1.165, 1.54) is 12.1 Å². The zero-order chi connectivity index (χ0) is 13.9. The molecule has 0 radical (unpaired) electrons. The van der Waals surface area contributed by atoms with Crippen molar-refractivity contribution in [2.24, 2.45) is 0 Å². The van der Waals surface area contributed by atoms with Crippen molar-refractivity contribution in [1.82, 2.24) is 10.6 Å². The van der Waals surface area contributed by atoms with Crippen molar-refractivity contribution in [1.29, 1.82) is 0 Å². The van der Waals surface area contributed by atoms with Crippen LogP contribution >= 0.6 is 11.8 Å². The highest BCUT2D eigenvalue weighted by atomic mass is 32.2. The summed E-state index contributed by atoms with van der Waals surface area (Å²) in [7, 11) is 0. The van der Waals surface area contributed by atoms with Gasteiger partial charge in [0.1, 0.15) is 11.9 Å². The van der Waals surface area contributed by atoms with Crippen molar-refractivity contribution < 1.29 is 13.9 Å². The minimum atomic E-state index is -0.310. The van der Waals surface area contributed by atoms with Crippen LogP contribution in [0, 0.1) is 5.82 Å². The predicted molar refractivity (Wildman–Crippen MR) is 75.2 cm³/mol. The lowest BCUT2D eigenvalue weighted by Gasteiger charge is -2.29. The van der Waals surface area contributed by atoms with Gasteiger partial charge in [-0.25, -0.2) is 4.39 Å². The lowest BCUT2D eigenvalue weighted by Crippen LogP contribution is -2.52. The smallest absolute Gasteiger partial charge is 0.240 e. The number of nitrogens with one attached hydrogen (secondary N) is 2. The van der Waals surface area contributed by atoms with Crippen LogP contribution < -0.4 is 10.6 Å². The lowest BCUT2D eigenvalue weighted by atomic mass is 10.0. The number of carbonyl (C=O) groups excluding carboxylic acids is 1. The van der Waals surface area contributed by atoms with Gasteiger partial charge in [0.15, 0.2) is 0 Å². The van der Waals surface area contributed by atoms with Crippen LogP contribution in [-0.2, 0) is 9.53 Å². The number of carbonyl (C=O) groups is 1. The molecule has 20 heavy (non-hydrogen) atoms. The molecule has 1 fully saturated rings. The molecule has 2 aliphatic heterocycles. The monoisotopic (exact) mass is 296 g/mol. The predicted octanol–water partition coefficient (Wildman–Crippen LogP) is 1.47. The molecule has 1 aromatic carbocycles. The number of thioether (sulfide) groups is 1. The number of hydrogen-bond acceptors (Lipinski definition) is 4. The van der Waals surface area contributed by atoms with E-state index in [9.17, 15) is 9.18 Å². The van der Waals surface area contributed by atoms with Crippen LogP contribution in [0.3, 0.4) is 0 Å². The molecule has 6 heteroatoms. The molecule has 3 rings (SSSR count). The number of amides is 1. The molecule has 0 aromatic heterocycles. The zero-order valence-corrected chi connectivity index (χ0v) is 11.8. The Morgan fingerprint density at radius 3 is 3.20 bits per heavy atom. The SMILES string of the molecule is O=C(NC1CCSc2ccc(F)cc21)C1COCCN1. The molecule has 2 atom stereocenters. The molecule has 4 nitrogen and oxygen atoms in total. The van der Waals surface area contributed by atoms with Crippen molar-refractivity contribution >= 4 is 17.7 Å². The van der Waals surface area contributed by atoms with Crippen LogP contribution in [-0.4, -0.2) is 37.5 Å². The molecule has 1 amide bonds. The second-order valence-corrected chi connectivity index (χ2v) is 6.10. The average molecular weight is 296 g/mol. The van der Waals surface area contributed by atoms with E-state index in [0.717, 1.165) is 22.6 Å². The third-order valence-electron chi connectivity index (χ3n) is 3.57. The lowest BCUT2D eigenvalue weighted by molar-refractivity contribution is -0.126. The summed E-state index contributed by atoms with van der Waals surface area (Å²) in [5.41, 5.74) is 0.881. The highest BCUT2D eigenvalue weighted by molar-refractivity contribution is 7.99. The summed E-state index contributed by atoms with van der Waals surface area (Å²) < 4.78 is 18.7. The molecule has 0 bridgehead atoms. The van der Waals surface area contributed by atoms with Gasteiger partial charge in [0.25, 0.3) is 0 Å². The molecule has 2 heterocycles. The first-order valence-corrected chi connectivity index (χ1v) is 7.76. The van der Waals surface area contributed by atoms with Gasteiger partial charge in [-0.3, -0.25) is 4.79 Å². The summed E-state index contributed by atoms with van der Waals surface area (Å²) in [4.78, 5) is 13.3. The fourth-order valence-electron chi connectivity index (χ4n) is 2.52. The first-order valence-electron chi connectivity index (χ1n) is 6.78. The Hall–Kier alpha value is -1.11. The van der Waals surface area contributed by atoms with E-state index < -0.39 is 0 Å². The van der Waals surface area contributed by atoms with E-state index in [1.807, 2.05) is 0 Å². The van der Waals surface area contributed by atoms with Crippen molar-refractivity contribution in [2.75, 3.05) is 25.5 Å². The van der Waals surface area contributed by atoms with Crippen molar-refractivity contribution in [3.05, 3.63) is 29.6 Å². The maximum Gasteiger partial charge on any atom is 0.240 e. The molecule has 0 aliphatic carbocycles. The Labute approximate surface area is 121 Å². The summed E-state index contributed by atoms with van der Waals surface area (Å²) in [6, 6.07) is 4.35. The summed E-state index contributed by atoms with van der Waals surface area (Å²) in [5.74, 6) is 0.597. The second kappa shape index (κ2) is 6.11. The Balaban J connectivity index is 1.72. The van der Waals surface area contributed by atoms with Crippen molar-refractivity contribution in [2.45, 2.75) is 23.4 Å². The number of fused-ring (bicyclic) bond motifs is 1. The summed E-state index contributed by atoms with van der Waals surface area (Å²) in [6.07, 6.45) is 0.820. The van der Waals surface area contributed by atoms with Gasteiger partial charge in [0, 0.05) is 17.2 Å². The van der Waals surface area contributed by atoms with E-state index >= 15 is 0 Å². The number of halogens is 1. The van der Waals surface area contributed by atoms with E-state index in [2.05, 4.69) is 10.6 Å². The van der Waals surface area contributed by atoms with E-state index in [4.69, 9.17) is 4.74 Å². The molecule has 1 saturated heterocycles. The fraction of sp³-hybridized carbons (Fsp3) is 0.500. The number of ether oxygens (including phenoxy) is 1. The fourth-order valence-corrected chi connectivity index (χ4v) is 3.63.